The molecule has 0 unspecified atom stereocenters. The van der Waals surface area contributed by atoms with Gasteiger partial charge in [0.15, 0.2) is 5.82 Å². The zero-order chi connectivity index (χ0) is 21.1. The average molecular weight is 406 g/mol. The maximum absolute atomic E-state index is 12.8. The Morgan fingerprint density at radius 3 is 2.57 bits per heavy atom. The van der Waals surface area contributed by atoms with Crippen LogP contribution in [0.25, 0.3) is 11.4 Å². The molecule has 0 saturated heterocycles. The molecule has 1 aliphatic rings. The van der Waals surface area contributed by atoms with Crippen LogP contribution in [0.2, 0.25) is 0 Å². The molecule has 1 saturated carbocycles. The molecular weight excluding hydrogens is 384 g/mol. The van der Waals surface area contributed by atoms with Crippen molar-refractivity contribution >= 4 is 17.5 Å². The van der Waals surface area contributed by atoms with Gasteiger partial charge in [-0.2, -0.15) is 0 Å². The second kappa shape index (κ2) is 8.32. The third-order valence-electron chi connectivity index (χ3n) is 4.78. The lowest BCUT2D eigenvalue weighted by molar-refractivity contribution is -0.114. The van der Waals surface area contributed by atoms with Crippen molar-refractivity contribution in [2.45, 2.75) is 32.4 Å². The van der Waals surface area contributed by atoms with Gasteiger partial charge in [-0.1, -0.05) is 0 Å². The van der Waals surface area contributed by atoms with Gasteiger partial charge < -0.3 is 10.6 Å². The lowest BCUT2D eigenvalue weighted by atomic mass is 10.2. The monoisotopic (exact) mass is 406 g/mol. The van der Waals surface area contributed by atoms with Crippen molar-refractivity contribution in [3.05, 3.63) is 64.8 Å². The number of pyridine rings is 1. The van der Waals surface area contributed by atoms with E-state index in [2.05, 4.69) is 20.7 Å². The predicted octanol–water partition coefficient (Wildman–Crippen LogP) is 1.83. The molecule has 0 atom stereocenters. The van der Waals surface area contributed by atoms with E-state index in [1.54, 1.807) is 41.2 Å². The third-order valence-corrected chi connectivity index (χ3v) is 4.78. The van der Waals surface area contributed by atoms with Gasteiger partial charge in [-0.05, 0) is 49.2 Å². The molecule has 9 nitrogen and oxygen atoms in total. The van der Waals surface area contributed by atoms with Crippen molar-refractivity contribution in [2.24, 2.45) is 0 Å². The van der Waals surface area contributed by atoms with Crippen LogP contribution in [-0.4, -0.2) is 37.7 Å². The maximum Gasteiger partial charge on any atom is 0.346 e. The molecule has 1 fully saturated rings. The summed E-state index contributed by atoms with van der Waals surface area (Å²) in [4.78, 5) is 40.3. The minimum Gasteiger partial charge on any atom is -0.350 e. The number of aromatic nitrogens is 4. The van der Waals surface area contributed by atoms with Gasteiger partial charge in [0.25, 0.3) is 5.91 Å². The molecule has 0 radical (unpaired) electrons. The SMILES string of the molecule is CC(=O)Nc1ccc(C(=O)NCCn2nc(-c3cccnc3)n(C3CC3)c2=O)cc1. The van der Waals surface area contributed by atoms with E-state index in [4.69, 9.17) is 0 Å². The van der Waals surface area contributed by atoms with Crippen LogP contribution in [0, 0.1) is 0 Å². The Balaban J connectivity index is 1.42. The summed E-state index contributed by atoms with van der Waals surface area (Å²) < 4.78 is 3.11. The van der Waals surface area contributed by atoms with Crippen molar-refractivity contribution in [2.75, 3.05) is 11.9 Å². The van der Waals surface area contributed by atoms with Gasteiger partial charge in [-0.15, -0.1) is 5.10 Å². The first-order valence-corrected chi connectivity index (χ1v) is 9.78. The molecule has 2 amide bonds. The molecule has 154 valence electrons. The molecule has 0 spiro atoms. The van der Waals surface area contributed by atoms with E-state index in [9.17, 15) is 14.4 Å². The molecular formula is C21H22N6O3. The zero-order valence-electron chi connectivity index (χ0n) is 16.5. The normalized spacial score (nSPS) is 13.1. The van der Waals surface area contributed by atoms with Crippen LogP contribution in [0.4, 0.5) is 5.69 Å². The quantitative estimate of drug-likeness (QED) is 0.622. The largest absolute Gasteiger partial charge is 0.350 e. The van der Waals surface area contributed by atoms with Crippen molar-refractivity contribution < 1.29 is 9.59 Å². The minimum atomic E-state index is -0.258. The van der Waals surface area contributed by atoms with Gasteiger partial charge in [0.1, 0.15) is 0 Å². The van der Waals surface area contributed by atoms with Crippen LogP contribution < -0.4 is 16.3 Å². The van der Waals surface area contributed by atoms with Crippen molar-refractivity contribution in [3.63, 3.8) is 0 Å². The molecule has 0 bridgehead atoms. The van der Waals surface area contributed by atoms with E-state index in [0.29, 0.717) is 17.1 Å². The number of hydrogen-bond acceptors (Lipinski definition) is 5. The van der Waals surface area contributed by atoms with Crippen LogP contribution in [0.15, 0.2) is 53.6 Å². The summed E-state index contributed by atoms with van der Waals surface area (Å²) in [5, 5.41) is 9.94. The number of nitrogens with one attached hydrogen (secondary N) is 2. The number of rotatable bonds is 7. The highest BCUT2D eigenvalue weighted by atomic mass is 16.2. The van der Waals surface area contributed by atoms with Crippen molar-refractivity contribution in [1.29, 1.82) is 0 Å². The summed E-state index contributed by atoms with van der Waals surface area (Å²) in [6, 6.07) is 10.5. The summed E-state index contributed by atoms with van der Waals surface area (Å²) in [5.41, 5.74) is 1.71. The van der Waals surface area contributed by atoms with E-state index < -0.39 is 0 Å². The summed E-state index contributed by atoms with van der Waals surface area (Å²) >= 11 is 0. The molecule has 1 aliphatic carbocycles. The Bertz CT molecular complexity index is 1110. The molecule has 4 rings (SSSR count). The molecule has 1 aromatic carbocycles. The van der Waals surface area contributed by atoms with E-state index in [0.717, 1.165) is 18.4 Å². The first-order chi connectivity index (χ1) is 14.5. The Labute approximate surface area is 172 Å². The summed E-state index contributed by atoms with van der Waals surface area (Å²) in [6.07, 6.45) is 5.30. The van der Waals surface area contributed by atoms with E-state index in [1.165, 1.54) is 11.6 Å². The zero-order valence-corrected chi connectivity index (χ0v) is 16.5. The highest BCUT2D eigenvalue weighted by Gasteiger charge is 2.30. The van der Waals surface area contributed by atoms with E-state index in [-0.39, 0.29) is 36.6 Å². The molecule has 0 aliphatic heterocycles. The van der Waals surface area contributed by atoms with Crippen LogP contribution in [-0.2, 0) is 11.3 Å². The second-order valence-corrected chi connectivity index (χ2v) is 7.19. The van der Waals surface area contributed by atoms with Crippen LogP contribution in [0.3, 0.4) is 0 Å². The molecule has 2 N–H and O–H groups in total. The standard InChI is InChI=1S/C21H22N6O3/c1-14(28)24-17-6-4-15(5-7-17)20(29)23-11-12-26-21(30)27(18-8-9-18)19(25-26)16-3-2-10-22-13-16/h2-7,10,13,18H,8-9,11-12H2,1H3,(H,23,29)(H,24,28). The van der Waals surface area contributed by atoms with Gasteiger partial charge in [-0.3, -0.25) is 19.1 Å². The van der Waals surface area contributed by atoms with Crippen LogP contribution in [0.1, 0.15) is 36.2 Å². The number of benzene rings is 1. The number of amides is 2. The molecule has 2 aromatic heterocycles. The van der Waals surface area contributed by atoms with Crippen molar-refractivity contribution in [1.82, 2.24) is 24.6 Å². The smallest absolute Gasteiger partial charge is 0.346 e. The van der Waals surface area contributed by atoms with E-state index in [1.807, 2.05) is 12.1 Å². The maximum atomic E-state index is 12.8. The topological polar surface area (TPSA) is 111 Å². The van der Waals surface area contributed by atoms with Gasteiger partial charge in [-0.25, -0.2) is 9.48 Å². The summed E-state index contributed by atoms with van der Waals surface area (Å²) in [7, 11) is 0. The van der Waals surface area contributed by atoms with Gasteiger partial charge >= 0.3 is 5.69 Å². The number of hydrogen-bond donors (Lipinski definition) is 2. The van der Waals surface area contributed by atoms with Gasteiger partial charge in [0.05, 0.1) is 6.54 Å². The molecule has 3 aromatic rings. The van der Waals surface area contributed by atoms with Gasteiger partial charge in [0.2, 0.25) is 5.91 Å². The summed E-state index contributed by atoms with van der Waals surface area (Å²) in [6.45, 7) is 1.95. The second-order valence-electron chi connectivity index (χ2n) is 7.19. The average Bonchev–Trinajstić information content (AvgIpc) is 3.52. The minimum absolute atomic E-state index is 0.172. The fourth-order valence-electron chi connectivity index (χ4n) is 3.21. The van der Waals surface area contributed by atoms with E-state index >= 15 is 0 Å². The van der Waals surface area contributed by atoms with Crippen LogP contribution in [0.5, 0.6) is 0 Å². The number of anilines is 1. The number of nitrogens with zero attached hydrogens (tertiary/aromatic N) is 4. The fourth-order valence-corrected chi connectivity index (χ4v) is 3.21. The molecule has 9 heteroatoms. The molecule has 30 heavy (non-hydrogen) atoms. The predicted molar refractivity (Wildman–Crippen MR) is 111 cm³/mol. The number of carbonyl (C=O) groups is 2. The Kier molecular flexibility index (Phi) is 5.42. The van der Waals surface area contributed by atoms with Crippen molar-refractivity contribution in [3.8, 4) is 11.4 Å². The molecule has 2 heterocycles. The lowest BCUT2D eigenvalue weighted by Gasteiger charge is -2.06. The Morgan fingerprint density at radius 1 is 1.17 bits per heavy atom. The first kappa shape index (κ1) is 19.6. The first-order valence-electron chi connectivity index (χ1n) is 9.78. The Morgan fingerprint density at radius 2 is 1.93 bits per heavy atom. The third kappa shape index (κ3) is 4.29. The highest BCUT2D eigenvalue weighted by Crippen LogP contribution is 2.36. The van der Waals surface area contributed by atoms with Crippen LogP contribution >= 0.6 is 0 Å². The highest BCUT2D eigenvalue weighted by molar-refractivity contribution is 5.95. The fraction of sp³-hybridized carbons (Fsp3) is 0.286. The summed E-state index contributed by atoms with van der Waals surface area (Å²) in [5.74, 6) is 0.177. The Hall–Kier alpha value is -3.75. The van der Waals surface area contributed by atoms with Gasteiger partial charge in [0, 0.05) is 48.7 Å². The number of carbonyl (C=O) groups excluding carboxylic acids is 2. The lowest BCUT2D eigenvalue weighted by Crippen LogP contribution is -2.32.